The molecule has 20 heavy (non-hydrogen) atoms. The van der Waals surface area contributed by atoms with Crippen LogP contribution in [-0.2, 0) is 6.18 Å². The van der Waals surface area contributed by atoms with Crippen LogP contribution in [0, 0.1) is 0 Å². The van der Waals surface area contributed by atoms with E-state index in [1.165, 1.54) is 6.07 Å². The van der Waals surface area contributed by atoms with Gasteiger partial charge in [0.15, 0.2) is 0 Å². The molecular formula is C12H18F3N5. The summed E-state index contributed by atoms with van der Waals surface area (Å²) in [4.78, 5) is 10.9. The van der Waals surface area contributed by atoms with Crippen molar-refractivity contribution in [2.24, 2.45) is 0 Å². The minimum Gasteiger partial charge on any atom is -0.384 e. The number of hydrogen-bond acceptors (Lipinski definition) is 5. The van der Waals surface area contributed by atoms with Gasteiger partial charge in [-0.15, -0.1) is 0 Å². The van der Waals surface area contributed by atoms with Crippen LogP contribution in [-0.4, -0.2) is 47.6 Å². The summed E-state index contributed by atoms with van der Waals surface area (Å²) in [6.07, 6.45) is -3.65. The van der Waals surface area contributed by atoms with E-state index in [0.29, 0.717) is 19.1 Å². The van der Waals surface area contributed by atoms with Crippen molar-refractivity contribution in [2.75, 3.05) is 37.3 Å². The van der Waals surface area contributed by atoms with E-state index in [1.54, 1.807) is 0 Å². The lowest BCUT2D eigenvalue weighted by Crippen LogP contribution is -2.51. The molecular weight excluding hydrogens is 271 g/mol. The van der Waals surface area contributed by atoms with Crippen molar-refractivity contribution in [2.45, 2.75) is 25.6 Å². The fourth-order valence-corrected chi connectivity index (χ4v) is 2.34. The fourth-order valence-electron chi connectivity index (χ4n) is 2.34. The van der Waals surface area contributed by atoms with Crippen molar-refractivity contribution in [1.29, 1.82) is 0 Å². The van der Waals surface area contributed by atoms with Crippen LogP contribution < -0.4 is 10.6 Å². The molecule has 1 fully saturated rings. The predicted octanol–water partition coefficient (Wildman–Crippen LogP) is 1.61. The highest BCUT2D eigenvalue weighted by molar-refractivity contribution is 5.47. The van der Waals surface area contributed by atoms with Crippen molar-refractivity contribution < 1.29 is 13.2 Å². The van der Waals surface area contributed by atoms with Crippen molar-refractivity contribution >= 4 is 11.6 Å². The molecule has 1 saturated heterocycles. The van der Waals surface area contributed by atoms with E-state index in [0.717, 1.165) is 13.0 Å². The molecule has 0 radical (unpaired) electrons. The van der Waals surface area contributed by atoms with Gasteiger partial charge in [0, 0.05) is 31.7 Å². The number of nitrogens with zero attached hydrogens (tertiary/aromatic N) is 4. The first-order chi connectivity index (χ1) is 9.31. The monoisotopic (exact) mass is 289 g/mol. The Bertz CT molecular complexity index is 477. The van der Waals surface area contributed by atoms with Gasteiger partial charge < -0.3 is 10.6 Å². The van der Waals surface area contributed by atoms with Gasteiger partial charge in [-0.05, 0) is 13.5 Å². The van der Waals surface area contributed by atoms with Gasteiger partial charge in [0.1, 0.15) is 11.6 Å². The molecule has 0 amide bonds. The summed E-state index contributed by atoms with van der Waals surface area (Å²) in [6.45, 7) is 4.10. The number of hydrogen-bond donors (Lipinski definition) is 1. The molecule has 1 unspecified atom stereocenters. The zero-order chi connectivity index (χ0) is 14.9. The van der Waals surface area contributed by atoms with Crippen LogP contribution >= 0.6 is 0 Å². The highest BCUT2D eigenvalue weighted by atomic mass is 19.4. The Morgan fingerprint density at radius 1 is 1.35 bits per heavy atom. The first-order valence-corrected chi connectivity index (χ1v) is 6.48. The van der Waals surface area contributed by atoms with Crippen LogP contribution in [0.2, 0.25) is 0 Å². The van der Waals surface area contributed by atoms with Crippen LogP contribution in [0.4, 0.5) is 24.8 Å². The lowest BCUT2D eigenvalue weighted by Gasteiger charge is -2.39. The Morgan fingerprint density at radius 3 is 2.65 bits per heavy atom. The highest BCUT2D eigenvalue weighted by Gasteiger charge is 2.36. The molecule has 1 atom stereocenters. The third-order valence-corrected chi connectivity index (χ3v) is 3.56. The van der Waals surface area contributed by atoms with Crippen LogP contribution in [0.1, 0.15) is 19.2 Å². The molecule has 2 N–H and O–H groups in total. The molecule has 0 spiro atoms. The summed E-state index contributed by atoms with van der Waals surface area (Å²) in [5.41, 5.74) is 5.47. The number of alkyl halides is 3. The topological polar surface area (TPSA) is 58.3 Å². The maximum absolute atomic E-state index is 12.7. The summed E-state index contributed by atoms with van der Waals surface area (Å²) in [5.74, 6) is -1.09. The molecule has 2 rings (SSSR count). The number of aromatic nitrogens is 2. The van der Waals surface area contributed by atoms with E-state index in [2.05, 4.69) is 21.8 Å². The van der Waals surface area contributed by atoms with E-state index in [-0.39, 0.29) is 11.6 Å². The molecule has 0 bridgehead atoms. The first-order valence-electron chi connectivity index (χ1n) is 6.48. The number of piperazine rings is 1. The first kappa shape index (κ1) is 14.8. The maximum Gasteiger partial charge on any atom is 0.451 e. The average molecular weight is 289 g/mol. The van der Waals surface area contributed by atoms with Crippen molar-refractivity contribution in [3.05, 3.63) is 11.9 Å². The standard InChI is InChI=1S/C12H18F3N5/c1-3-8-7-20(5-4-19(8)2)10-6-9(16)17-11(18-10)12(13,14)15/h6,8H,3-5,7H2,1-2H3,(H2,16,17,18). The quantitative estimate of drug-likeness (QED) is 0.896. The minimum atomic E-state index is -4.58. The van der Waals surface area contributed by atoms with Crippen LogP contribution in [0.25, 0.3) is 0 Å². The second kappa shape index (κ2) is 5.43. The van der Waals surface area contributed by atoms with Gasteiger partial charge in [-0.2, -0.15) is 13.2 Å². The Labute approximate surface area is 115 Å². The SMILES string of the molecule is CCC1CN(c2cc(N)nc(C(F)(F)F)n2)CCN1C. The molecule has 0 aliphatic carbocycles. The van der Waals surface area contributed by atoms with Gasteiger partial charge in [-0.3, -0.25) is 4.90 Å². The zero-order valence-corrected chi connectivity index (χ0v) is 11.5. The number of anilines is 2. The molecule has 2 heterocycles. The predicted molar refractivity (Wildman–Crippen MR) is 70.4 cm³/mol. The van der Waals surface area contributed by atoms with Gasteiger partial charge in [0.25, 0.3) is 0 Å². The molecule has 8 heteroatoms. The van der Waals surface area contributed by atoms with Gasteiger partial charge in [0.05, 0.1) is 0 Å². The molecule has 1 aromatic heterocycles. The number of halogens is 3. The zero-order valence-electron chi connectivity index (χ0n) is 11.5. The van der Waals surface area contributed by atoms with Gasteiger partial charge in [0.2, 0.25) is 5.82 Å². The van der Waals surface area contributed by atoms with Crippen LogP contribution in [0.5, 0.6) is 0 Å². The van der Waals surface area contributed by atoms with E-state index >= 15 is 0 Å². The van der Waals surface area contributed by atoms with Crippen molar-refractivity contribution in [1.82, 2.24) is 14.9 Å². The lowest BCUT2D eigenvalue weighted by molar-refractivity contribution is -0.144. The second-order valence-electron chi connectivity index (χ2n) is 4.96. The van der Waals surface area contributed by atoms with Crippen molar-refractivity contribution in [3.8, 4) is 0 Å². The summed E-state index contributed by atoms with van der Waals surface area (Å²) in [7, 11) is 2.01. The summed E-state index contributed by atoms with van der Waals surface area (Å²) >= 11 is 0. The van der Waals surface area contributed by atoms with Crippen molar-refractivity contribution in [3.63, 3.8) is 0 Å². The number of likely N-dealkylation sites (N-methyl/N-ethyl adjacent to an activating group) is 1. The Morgan fingerprint density at radius 2 is 2.05 bits per heavy atom. The minimum absolute atomic E-state index is 0.158. The molecule has 5 nitrogen and oxygen atoms in total. The second-order valence-corrected chi connectivity index (χ2v) is 4.96. The third-order valence-electron chi connectivity index (χ3n) is 3.56. The van der Waals surface area contributed by atoms with Gasteiger partial charge in [-0.1, -0.05) is 6.92 Å². The Hall–Kier alpha value is -1.57. The third kappa shape index (κ3) is 3.12. The van der Waals surface area contributed by atoms with Gasteiger partial charge in [-0.25, -0.2) is 9.97 Å². The fraction of sp³-hybridized carbons (Fsp3) is 0.667. The summed E-state index contributed by atoms with van der Waals surface area (Å²) in [6, 6.07) is 1.70. The summed E-state index contributed by atoms with van der Waals surface area (Å²) in [5, 5.41) is 0. The number of rotatable bonds is 2. The number of nitrogens with two attached hydrogens (primary N) is 1. The molecule has 112 valence electrons. The van der Waals surface area contributed by atoms with E-state index in [1.807, 2.05) is 11.9 Å². The highest BCUT2D eigenvalue weighted by Crippen LogP contribution is 2.29. The average Bonchev–Trinajstić information content (AvgIpc) is 2.37. The Kier molecular flexibility index (Phi) is 4.03. The smallest absolute Gasteiger partial charge is 0.384 e. The molecule has 1 aliphatic heterocycles. The normalized spacial score (nSPS) is 21.2. The molecule has 0 saturated carbocycles. The molecule has 1 aliphatic rings. The molecule has 1 aromatic rings. The summed E-state index contributed by atoms with van der Waals surface area (Å²) < 4.78 is 38.1. The van der Waals surface area contributed by atoms with E-state index in [9.17, 15) is 13.2 Å². The van der Waals surface area contributed by atoms with E-state index < -0.39 is 12.0 Å². The Balaban J connectivity index is 2.27. The maximum atomic E-state index is 12.7. The van der Waals surface area contributed by atoms with Crippen LogP contribution in [0.3, 0.4) is 0 Å². The number of nitrogen functional groups attached to an aromatic ring is 1. The van der Waals surface area contributed by atoms with E-state index in [4.69, 9.17) is 5.73 Å². The van der Waals surface area contributed by atoms with Gasteiger partial charge >= 0.3 is 6.18 Å². The molecule has 0 aromatic carbocycles. The van der Waals surface area contributed by atoms with Crippen LogP contribution in [0.15, 0.2) is 6.07 Å². The largest absolute Gasteiger partial charge is 0.451 e. The lowest BCUT2D eigenvalue weighted by atomic mass is 10.1.